The smallest absolute Gasteiger partial charge is 0.338 e. The number of alkyl halides is 2. The number of carbonyl (C=O) groups is 1. The van der Waals surface area contributed by atoms with E-state index in [1.807, 2.05) is 0 Å². The van der Waals surface area contributed by atoms with Crippen molar-refractivity contribution in [3.8, 4) is 0 Å². The third kappa shape index (κ3) is 5.04. The van der Waals surface area contributed by atoms with Gasteiger partial charge in [-0.3, -0.25) is 10.1 Å². The molecule has 0 spiro atoms. The molecule has 20 heavy (non-hydrogen) atoms. The number of benzene rings is 1. The Morgan fingerprint density at radius 3 is 2.60 bits per heavy atom. The van der Waals surface area contributed by atoms with Crippen LogP contribution in [0.15, 0.2) is 24.3 Å². The number of halogens is 2. The highest BCUT2D eigenvalue weighted by molar-refractivity contribution is 9.09. The van der Waals surface area contributed by atoms with E-state index in [0.29, 0.717) is 6.21 Å². The molecule has 6 nitrogen and oxygen atoms in total. The number of hydrogen-bond donors (Lipinski definition) is 1. The first-order valence-corrected chi connectivity index (χ1v) is 6.56. The summed E-state index contributed by atoms with van der Waals surface area (Å²) in [4.78, 5) is 21.1. The van der Waals surface area contributed by atoms with E-state index < -0.39 is 21.9 Å². The summed E-state index contributed by atoms with van der Waals surface area (Å²) in [7, 11) is 0. The van der Waals surface area contributed by atoms with Gasteiger partial charge in [-0.15, -0.1) is 0 Å². The molecule has 0 bridgehead atoms. The molecule has 0 fully saturated rings. The molecule has 1 aromatic rings. The normalized spacial score (nSPS) is 13.3. The van der Waals surface area contributed by atoms with Gasteiger partial charge in [0.25, 0.3) is 5.69 Å². The highest BCUT2D eigenvalue weighted by Gasteiger charge is 2.15. The van der Waals surface area contributed by atoms with Gasteiger partial charge in [0, 0.05) is 18.3 Å². The maximum absolute atomic E-state index is 12.9. The fraction of sp³-hybridized carbons (Fsp3) is 0.333. The summed E-state index contributed by atoms with van der Waals surface area (Å²) in [5.74, 6) is -0.644. The van der Waals surface area contributed by atoms with Gasteiger partial charge in [0.15, 0.2) is 0 Å². The average Bonchev–Trinajstić information content (AvgIpc) is 2.44. The van der Waals surface area contributed by atoms with E-state index in [0.717, 1.165) is 0 Å². The molecule has 0 aliphatic carbocycles. The number of non-ortho nitro benzene ring substituents is 1. The number of ether oxygens (including phenoxy) is 1. The predicted octanol–water partition coefficient (Wildman–Crippen LogP) is 2.89. The molecule has 8 heteroatoms. The predicted molar refractivity (Wildman–Crippen MR) is 74.4 cm³/mol. The Hall–Kier alpha value is -1.83. The van der Waals surface area contributed by atoms with Crippen LogP contribution < -0.4 is 0 Å². The van der Waals surface area contributed by atoms with Crippen LogP contribution in [0.2, 0.25) is 0 Å². The number of nitrogens with one attached hydrogen (secondary N) is 1. The molecule has 0 aromatic heterocycles. The first-order valence-electron chi connectivity index (χ1n) is 5.64. The van der Waals surface area contributed by atoms with Crippen LogP contribution in [0.3, 0.4) is 0 Å². The Morgan fingerprint density at radius 2 is 2.10 bits per heavy atom. The van der Waals surface area contributed by atoms with Crippen molar-refractivity contribution < 1.29 is 18.8 Å². The lowest BCUT2D eigenvalue weighted by atomic mass is 10.2. The van der Waals surface area contributed by atoms with Crippen LogP contribution in [-0.4, -0.2) is 34.7 Å². The summed E-state index contributed by atoms with van der Waals surface area (Å²) in [6.45, 7) is -0.0515. The topological polar surface area (TPSA) is 93.3 Å². The third-order valence-corrected chi connectivity index (χ3v) is 3.01. The van der Waals surface area contributed by atoms with Crippen molar-refractivity contribution in [1.29, 1.82) is 5.41 Å². The fourth-order valence-corrected chi connectivity index (χ4v) is 1.84. The van der Waals surface area contributed by atoms with Crippen molar-refractivity contribution in [2.24, 2.45) is 0 Å². The summed E-state index contributed by atoms with van der Waals surface area (Å²) in [6, 6.07) is 4.99. The van der Waals surface area contributed by atoms with Crippen molar-refractivity contribution in [2.75, 3.05) is 6.61 Å². The minimum absolute atomic E-state index is 0.0248. The average molecular weight is 347 g/mol. The Kier molecular flexibility index (Phi) is 6.23. The minimum atomic E-state index is -1.39. The maximum Gasteiger partial charge on any atom is 0.338 e. The SMILES string of the molecule is N=C[C@@H](F)C[C@@H](Br)COC(=O)c1ccc([N+](=O)[O-])cc1. The largest absolute Gasteiger partial charge is 0.461 e. The van der Waals surface area contributed by atoms with Crippen molar-refractivity contribution in [1.82, 2.24) is 0 Å². The van der Waals surface area contributed by atoms with Crippen molar-refractivity contribution >= 4 is 33.8 Å². The zero-order valence-electron chi connectivity index (χ0n) is 10.3. The second kappa shape index (κ2) is 7.68. The zero-order valence-corrected chi connectivity index (χ0v) is 11.9. The van der Waals surface area contributed by atoms with Gasteiger partial charge >= 0.3 is 5.97 Å². The monoisotopic (exact) mass is 346 g/mol. The van der Waals surface area contributed by atoms with Crippen LogP contribution in [0, 0.1) is 15.5 Å². The molecule has 1 N–H and O–H groups in total. The van der Waals surface area contributed by atoms with Gasteiger partial charge < -0.3 is 10.1 Å². The van der Waals surface area contributed by atoms with Gasteiger partial charge in [-0.05, 0) is 18.6 Å². The molecule has 0 unspecified atom stereocenters. The number of carbonyl (C=O) groups excluding carboxylic acids is 1. The van der Waals surface area contributed by atoms with Gasteiger partial charge in [-0.25, -0.2) is 9.18 Å². The van der Waals surface area contributed by atoms with E-state index >= 15 is 0 Å². The third-order valence-electron chi connectivity index (χ3n) is 2.37. The summed E-state index contributed by atoms with van der Waals surface area (Å²) >= 11 is 3.14. The molecule has 0 aliphatic rings. The first-order chi connectivity index (χ1) is 9.43. The van der Waals surface area contributed by atoms with E-state index in [1.165, 1.54) is 24.3 Å². The molecule has 108 valence electrons. The number of rotatable bonds is 7. The van der Waals surface area contributed by atoms with E-state index in [-0.39, 0.29) is 24.3 Å². The highest BCUT2D eigenvalue weighted by atomic mass is 79.9. The maximum atomic E-state index is 12.9. The molecule has 2 atom stereocenters. The summed E-state index contributed by atoms with van der Waals surface area (Å²) < 4.78 is 17.8. The molecule has 0 saturated carbocycles. The van der Waals surface area contributed by atoms with E-state index in [4.69, 9.17) is 10.1 Å². The summed E-state index contributed by atoms with van der Waals surface area (Å²) in [6.07, 6.45) is -0.693. The van der Waals surface area contributed by atoms with Crippen molar-refractivity contribution in [2.45, 2.75) is 17.4 Å². The van der Waals surface area contributed by atoms with Crippen molar-refractivity contribution in [3.63, 3.8) is 0 Å². The van der Waals surface area contributed by atoms with Gasteiger partial charge in [0.05, 0.1) is 15.3 Å². The summed E-state index contributed by atoms with van der Waals surface area (Å²) in [5.41, 5.74) is 0.0605. The van der Waals surface area contributed by atoms with Crippen LogP contribution in [0.4, 0.5) is 10.1 Å². The number of nitro groups is 1. The van der Waals surface area contributed by atoms with Crippen LogP contribution in [0.25, 0.3) is 0 Å². The number of nitro benzene ring substituents is 1. The molecular weight excluding hydrogens is 335 g/mol. The number of esters is 1. The van der Waals surface area contributed by atoms with Crippen LogP contribution in [0.1, 0.15) is 16.8 Å². The quantitative estimate of drug-likeness (QED) is 0.270. The molecular formula is C12H12BrFN2O4. The number of nitrogens with zero attached hydrogens (tertiary/aromatic N) is 1. The molecule has 1 aromatic carbocycles. The number of hydrogen-bond acceptors (Lipinski definition) is 5. The lowest BCUT2D eigenvalue weighted by Gasteiger charge is -2.11. The van der Waals surface area contributed by atoms with E-state index in [1.54, 1.807) is 0 Å². The Bertz CT molecular complexity index is 495. The van der Waals surface area contributed by atoms with Gasteiger partial charge in [-0.1, -0.05) is 15.9 Å². The van der Waals surface area contributed by atoms with Gasteiger partial charge in [0.2, 0.25) is 0 Å². The zero-order chi connectivity index (χ0) is 15.1. The Balaban J connectivity index is 2.50. The molecule has 0 aliphatic heterocycles. The second-order valence-corrected chi connectivity index (χ2v) is 5.21. The van der Waals surface area contributed by atoms with Crippen LogP contribution in [0.5, 0.6) is 0 Å². The molecule has 1 rings (SSSR count). The summed E-state index contributed by atoms with van der Waals surface area (Å²) in [5, 5.41) is 17.2. The molecule has 0 amide bonds. The Morgan fingerprint density at radius 1 is 1.50 bits per heavy atom. The van der Waals surface area contributed by atoms with E-state index in [9.17, 15) is 19.3 Å². The van der Waals surface area contributed by atoms with Gasteiger partial charge in [-0.2, -0.15) is 0 Å². The van der Waals surface area contributed by atoms with Gasteiger partial charge in [0.1, 0.15) is 12.8 Å². The molecule has 0 heterocycles. The van der Waals surface area contributed by atoms with E-state index in [2.05, 4.69) is 15.9 Å². The minimum Gasteiger partial charge on any atom is -0.461 e. The standard InChI is InChI=1S/C12H12BrFN2O4/c13-9(5-10(14)6-15)7-20-12(17)8-1-3-11(4-2-8)16(18)19/h1-4,6,9-10,15H,5,7H2/t9-,10+/m1/s1. The lowest BCUT2D eigenvalue weighted by molar-refractivity contribution is -0.384. The van der Waals surface area contributed by atoms with Crippen molar-refractivity contribution in [3.05, 3.63) is 39.9 Å². The van der Waals surface area contributed by atoms with Crippen LogP contribution in [-0.2, 0) is 4.74 Å². The highest BCUT2D eigenvalue weighted by Crippen LogP contribution is 2.14. The molecule has 0 radical (unpaired) electrons. The fourth-order valence-electron chi connectivity index (χ4n) is 1.35. The van der Waals surface area contributed by atoms with Crippen LogP contribution >= 0.6 is 15.9 Å². The second-order valence-electron chi connectivity index (χ2n) is 3.92. The lowest BCUT2D eigenvalue weighted by Crippen LogP contribution is -2.18. The molecule has 0 saturated heterocycles. The first kappa shape index (κ1) is 16.2. The Labute approximate surface area is 122 Å².